The molecule has 0 aromatic heterocycles. The molecule has 3 atom stereocenters. The summed E-state index contributed by atoms with van der Waals surface area (Å²) in [5.74, 6) is -0.565. The third kappa shape index (κ3) is 4.74. The maximum absolute atomic E-state index is 13.0. The number of carbonyl (C=O) groups excluding carboxylic acids is 2. The molecule has 0 spiro atoms. The number of ether oxygens (including phenoxy) is 1. The molecule has 2 aromatic carbocycles. The van der Waals surface area contributed by atoms with Crippen LogP contribution in [0.1, 0.15) is 22.3 Å². The molecule has 2 aliphatic rings. The van der Waals surface area contributed by atoms with Crippen LogP contribution >= 0.6 is 0 Å². The largest absolute Gasteiger partial charge is 0.354 e. The van der Waals surface area contributed by atoms with Gasteiger partial charge in [-0.25, -0.2) is 8.42 Å². The van der Waals surface area contributed by atoms with E-state index in [0.717, 1.165) is 5.56 Å². The standard InChI is InChI=1S/C23H25N3O5S/c1-2-21(27)25-22-12-18-14-26(15-20(18)31-22)32(29,30)19-10-8-17(9-11-19)23(28)24-13-16-6-4-3-5-7-16/h2-11,18,20,22H,1,12-15H2,(H,24,28)(H,25,27). The number of sulfonamides is 1. The zero-order valence-corrected chi connectivity index (χ0v) is 18.3. The van der Waals surface area contributed by atoms with Crippen molar-refractivity contribution >= 4 is 21.8 Å². The molecule has 2 heterocycles. The monoisotopic (exact) mass is 455 g/mol. The Bertz CT molecular complexity index is 1090. The van der Waals surface area contributed by atoms with Crippen LogP contribution in [0.15, 0.2) is 72.1 Å². The van der Waals surface area contributed by atoms with E-state index >= 15 is 0 Å². The lowest BCUT2D eigenvalue weighted by Crippen LogP contribution is -2.37. The van der Waals surface area contributed by atoms with Crippen molar-refractivity contribution in [3.05, 3.63) is 78.4 Å². The van der Waals surface area contributed by atoms with Gasteiger partial charge in [-0.2, -0.15) is 4.31 Å². The molecule has 0 aliphatic carbocycles. The van der Waals surface area contributed by atoms with E-state index in [9.17, 15) is 18.0 Å². The van der Waals surface area contributed by atoms with Gasteiger partial charge in [-0.05, 0) is 42.3 Å². The van der Waals surface area contributed by atoms with E-state index in [1.165, 1.54) is 34.6 Å². The van der Waals surface area contributed by atoms with Gasteiger partial charge < -0.3 is 15.4 Å². The molecule has 2 saturated heterocycles. The third-order valence-electron chi connectivity index (χ3n) is 5.74. The van der Waals surface area contributed by atoms with Crippen molar-refractivity contribution in [3.63, 3.8) is 0 Å². The first-order valence-corrected chi connectivity index (χ1v) is 11.8. The molecule has 2 aromatic rings. The molecule has 32 heavy (non-hydrogen) atoms. The summed E-state index contributed by atoms with van der Waals surface area (Å²) >= 11 is 0. The van der Waals surface area contributed by atoms with Gasteiger partial charge in [-0.15, -0.1) is 0 Å². The fourth-order valence-corrected chi connectivity index (χ4v) is 5.55. The Morgan fingerprint density at radius 1 is 1.09 bits per heavy atom. The van der Waals surface area contributed by atoms with Gasteiger partial charge in [-0.3, -0.25) is 9.59 Å². The molecule has 2 amide bonds. The van der Waals surface area contributed by atoms with Gasteiger partial charge >= 0.3 is 0 Å². The van der Waals surface area contributed by atoms with Crippen LogP contribution in [0.3, 0.4) is 0 Å². The average Bonchev–Trinajstić information content (AvgIpc) is 3.37. The Kier molecular flexibility index (Phi) is 6.40. The van der Waals surface area contributed by atoms with Gasteiger partial charge in [-0.1, -0.05) is 36.9 Å². The summed E-state index contributed by atoms with van der Waals surface area (Å²) in [7, 11) is -3.71. The van der Waals surface area contributed by atoms with Crippen molar-refractivity contribution in [1.29, 1.82) is 0 Å². The van der Waals surface area contributed by atoms with Crippen LogP contribution in [-0.4, -0.2) is 50.0 Å². The van der Waals surface area contributed by atoms with Crippen LogP contribution in [0.25, 0.3) is 0 Å². The number of fused-ring (bicyclic) bond motifs is 1. The van der Waals surface area contributed by atoms with Gasteiger partial charge in [0.15, 0.2) is 0 Å². The number of hydrogen-bond donors (Lipinski definition) is 2. The second-order valence-corrected chi connectivity index (χ2v) is 9.82. The van der Waals surface area contributed by atoms with Crippen LogP contribution in [-0.2, 0) is 26.1 Å². The van der Waals surface area contributed by atoms with Crippen LogP contribution < -0.4 is 10.6 Å². The number of nitrogens with one attached hydrogen (secondary N) is 2. The molecule has 8 nitrogen and oxygen atoms in total. The quantitative estimate of drug-likeness (QED) is 0.618. The molecule has 2 fully saturated rings. The third-order valence-corrected chi connectivity index (χ3v) is 7.59. The van der Waals surface area contributed by atoms with Gasteiger partial charge in [0.2, 0.25) is 15.9 Å². The van der Waals surface area contributed by atoms with Crippen LogP contribution in [0.5, 0.6) is 0 Å². The van der Waals surface area contributed by atoms with Gasteiger partial charge in [0.1, 0.15) is 6.23 Å². The Morgan fingerprint density at radius 3 is 2.47 bits per heavy atom. The minimum Gasteiger partial charge on any atom is -0.354 e. The lowest BCUT2D eigenvalue weighted by Gasteiger charge is -2.19. The zero-order valence-electron chi connectivity index (χ0n) is 17.4. The highest BCUT2D eigenvalue weighted by Crippen LogP contribution is 2.34. The first-order valence-electron chi connectivity index (χ1n) is 10.4. The molecule has 0 saturated carbocycles. The molecule has 2 N–H and O–H groups in total. The fourth-order valence-electron chi connectivity index (χ4n) is 4.04. The van der Waals surface area contributed by atoms with Crippen molar-refractivity contribution < 1.29 is 22.7 Å². The molecule has 0 bridgehead atoms. The minimum absolute atomic E-state index is 0.0166. The van der Waals surface area contributed by atoms with Crippen molar-refractivity contribution in [2.75, 3.05) is 13.1 Å². The second-order valence-electron chi connectivity index (χ2n) is 7.89. The van der Waals surface area contributed by atoms with Crippen LogP contribution in [0, 0.1) is 5.92 Å². The second kappa shape index (κ2) is 9.23. The van der Waals surface area contributed by atoms with Gasteiger partial charge in [0.05, 0.1) is 11.0 Å². The summed E-state index contributed by atoms with van der Waals surface area (Å²) in [6.07, 6.45) is 1.05. The van der Waals surface area contributed by atoms with E-state index < -0.39 is 16.3 Å². The number of carbonyl (C=O) groups is 2. The minimum atomic E-state index is -3.71. The topological polar surface area (TPSA) is 105 Å². The predicted octanol–water partition coefficient (Wildman–Crippen LogP) is 1.65. The Morgan fingerprint density at radius 2 is 1.81 bits per heavy atom. The molecule has 9 heteroatoms. The van der Waals surface area contributed by atoms with Crippen molar-refractivity contribution in [3.8, 4) is 0 Å². The number of hydrogen-bond acceptors (Lipinski definition) is 5. The highest BCUT2D eigenvalue weighted by molar-refractivity contribution is 7.89. The number of amides is 2. The van der Waals surface area contributed by atoms with Crippen molar-refractivity contribution in [2.45, 2.75) is 30.2 Å². The van der Waals surface area contributed by atoms with E-state index in [4.69, 9.17) is 4.74 Å². The van der Waals surface area contributed by atoms with Crippen molar-refractivity contribution in [2.24, 2.45) is 5.92 Å². The predicted molar refractivity (Wildman–Crippen MR) is 118 cm³/mol. The van der Waals surface area contributed by atoms with E-state index in [1.54, 1.807) is 0 Å². The first-order chi connectivity index (χ1) is 15.4. The maximum Gasteiger partial charge on any atom is 0.251 e. The fraction of sp³-hybridized carbons (Fsp3) is 0.304. The van der Waals surface area contributed by atoms with Crippen LogP contribution in [0.4, 0.5) is 0 Å². The number of rotatable bonds is 7. The SMILES string of the molecule is C=CC(=O)NC1CC2CN(S(=O)(=O)c3ccc(C(=O)NCc4ccccc4)cc3)CC2O1. The summed E-state index contributed by atoms with van der Waals surface area (Å²) in [6, 6.07) is 15.5. The molecule has 168 valence electrons. The maximum atomic E-state index is 13.0. The summed E-state index contributed by atoms with van der Waals surface area (Å²) in [5, 5.41) is 5.52. The first kappa shape index (κ1) is 22.2. The Hall–Kier alpha value is -3.01. The Labute approximate surface area is 187 Å². The summed E-state index contributed by atoms with van der Waals surface area (Å²) in [6.45, 7) is 4.36. The van der Waals surface area contributed by atoms with E-state index in [0.29, 0.717) is 25.1 Å². The highest BCUT2D eigenvalue weighted by Gasteiger charge is 2.46. The van der Waals surface area contributed by atoms with Gasteiger partial charge in [0, 0.05) is 31.1 Å². The normalized spacial score (nSPS) is 22.8. The van der Waals surface area contributed by atoms with E-state index in [2.05, 4.69) is 17.2 Å². The lowest BCUT2D eigenvalue weighted by molar-refractivity contribution is -0.120. The number of benzene rings is 2. The Balaban J connectivity index is 1.35. The molecule has 4 rings (SSSR count). The molecular formula is C23H25N3O5S. The zero-order chi connectivity index (χ0) is 22.7. The molecular weight excluding hydrogens is 430 g/mol. The molecule has 2 aliphatic heterocycles. The summed E-state index contributed by atoms with van der Waals surface area (Å²) in [5.41, 5.74) is 1.37. The van der Waals surface area contributed by atoms with E-state index in [-0.39, 0.29) is 35.3 Å². The summed E-state index contributed by atoms with van der Waals surface area (Å²) in [4.78, 5) is 23.9. The van der Waals surface area contributed by atoms with E-state index in [1.807, 2.05) is 30.3 Å². The summed E-state index contributed by atoms with van der Waals surface area (Å²) < 4.78 is 33.3. The molecule has 0 radical (unpaired) electrons. The molecule has 3 unspecified atom stereocenters. The van der Waals surface area contributed by atoms with Gasteiger partial charge in [0.25, 0.3) is 5.91 Å². The highest BCUT2D eigenvalue weighted by atomic mass is 32.2. The van der Waals surface area contributed by atoms with Crippen molar-refractivity contribution in [1.82, 2.24) is 14.9 Å². The average molecular weight is 456 g/mol. The lowest BCUT2D eigenvalue weighted by atomic mass is 10.1. The van der Waals surface area contributed by atoms with Crippen LogP contribution in [0.2, 0.25) is 0 Å². The smallest absolute Gasteiger partial charge is 0.251 e. The number of nitrogens with zero attached hydrogens (tertiary/aromatic N) is 1.